The van der Waals surface area contributed by atoms with Crippen molar-refractivity contribution in [3.63, 3.8) is 0 Å². The van der Waals surface area contributed by atoms with Gasteiger partial charge in [0.15, 0.2) is 0 Å². The van der Waals surface area contributed by atoms with E-state index in [1.807, 2.05) is 0 Å². The number of benzene rings is 1. The highest BCUT2D eigenvalue weighted by atomic mass is 19.3. The summed E-state index contributed by atoms with van der Waals surface area (Å²) in [6.07, 6.45) is -2.59. The molecule has 0 amide bonds. The Bertz CT molecular complexity index is 353. The number of alkyl halides is 2. The smallest absolute Gasteiger partial charge is 0.246 e. The monoisotopic (exact) mass is 232 g/mol. The lowest BCUT2D eigenvalue weighted by molar-refractivity contribution is 0.117. The van der Waals surface area contributed by atoms with Gasteiger partial charge in [-0.2, -0.15) is 0 Å². The van der Waals surface area contributed by atoms with Crippen LogP contribution in [0, 0.1) is 5.82 Å². The molecule has 0 aliphatic carbocycles. The quantitative estimate of drug-likeness (QED) is 0.862. The van der Waals surface area contributed by atoms with Gasteiger partial charge in [-0.3, -0.25) is 0 Å². The maximum Gasteiger partial charge on any atom is 0.246 e. The van der Waals surface area contributed by atoms with Crippen molar-refractivity contribution in [2.45, 2.75) is 12.3 Å². The molecule has 16 heavy (non-hydrogen) atoms. The molecule has 0 spiro atoms. The van der Waals surface area contributed by atoms with E-state index in [9.17, 15) is 13.2 Å². The van der Waals surface area contributed by atoms with Crippen molar-refractivity contribution in [2.75, 3.05) is 25.5 Å². The molecule has 0 aliphatic rings. The Kier molecular flexibility index (Phi) is 4.18. The lowest BCUT2D eigenvalue weighted by Crippen LogP contribution is -2.23. The number of rotatable bonds is 4. The zero-order chi connectivity index (χ0) is 12.3. The first-order valence-electron chi connectivity index (χ1n) is 4.92. The van der Waals surface area contributed by atoms with Crippen molar-refractivity contribution in [1.29, 1.82) is 0 Å². The van der Waals surface area contributed by atoms with Gasteiger partial charge in [0, 0.05) is 26.3 Å². The Morgan fingerprint density at radius 1 is 1.31 bits per heavy atom. The molecule has 0 aliphatic heterocycles. The van der Waals surface area contributed by atoms with Crippen molar-refractivity contribution in [2.24, 2.45) is 5.73 Å². The van der Waals surface area contributed by atoms with Crippen LogP contribution >= 0.6 is 0 Å². The average molecular weight is 232 g/mol. The standard InChI is InChI=1S/C11H15F3N2/c1-16(2)10-4-3-7(12)5-8(10)9(6-15)11(13)14/h3-5,9,11H,6,15H2,1-2H3. The zero-order valence-electron chi connectivity index (χ0n) is 9.25. The number of hydrogen-bond acceptors (Lipinski definition) is 2. The first-order valence-corrected chi connectivity index (χ1v) is 4.92. The first-order chi connectivity index (χ1) is 7.47. The summed E-state index contributed by atoms with van der Waals surface area (Å²) in [7, 11) is 3.44. The maximum atomic E-state index is 13.1. The molecular formula is C11H15F3N2. The lowest BCUT2D eigenvalue weighted by atomic mass is 9.97. The molecule has 0 aromatic heterocycles. The summed E-state index contributed by atoms with van der Waals surface area (Å²) in [6.45, 7) is -0.206. The van der Waals surface area contributed by atoms with Gasteiger partial charge in [0.05, 0.1) is 5.92 Å². The lowest BCUT2D eigenvalue weighted by Gasteiger charge is -2.22. The Hall–Kier alpha value is -1.23. The van der Waals surface area contributed by atoms with Crippen molar-refractivity contribution < 1.29 is 13.2 Å². The minimum atomic E-state index is -2.59. The molecule has 2 nitrogen and oxygen atoms in total. The molecule has 0 radical (unpaired) electrons. The minimum Gasteiger partial charge on any atom is -0.377 e. The minimum absolute atomic E-state index is 0.206. The SMILES string of the molecule is CN(C)c1ccc(F)cc1C(CN)C(F)F. The van der Waals surface area contributed by atoms with Crippen LogP contribution in [0.1, 0.15) is 11.5 Å². The van der Waals surface area contributed by atoms with Crippen LogP contribution in [0.2, 0.25) is 0 Å². The molecule has 1 unspecified atom stereocenters. The van der Waals surface area contributed by atoms with E-state index in [0.29, 0.717) is 5.69 Å². The largest absolute Gasteiger partial charge is 0.377 e. The molecule has 0 bridgehead atoms. The van der Waals surface area contributed by atoms with E-state index < -0.39 is 18.2 Å². The van der Waals surface area contributed by atoms with Crippen LogP contribution in [0.3, 0.4) is 0 Å². The van der Waals surface area contributed by atoms with Crippen LogP contribution in [0.25, 0.3) is 0 Å². The highest BCUT2D eigenvalue weighted by Gasteiger charge is 2.24. The van der Waals surface area contributed by atoms with Crippen molar-refractivity contribution >= 4 is 5.69 Å². The predicted octanol–water partition coefficient (Wildman–Crippen LogP) is 2.20. The summed E-state index contributed by atoms with van der Waals surface area (Å²) in [5.74, 6) is -1.66. The normalized spacial score (nSPS) is 12.9. The van der Waals surface area contributed by atoms with Gasteiger partial charge < -0.3 is 10.6 Å². The number of nitrogens with two attached hydrogens (primary N) is 1. The summed E-state index contributed by atoms with van der Waals surface area (Å²) in [4.78, 5) is 1.67. The molecule has 1 rings (SSSR count). The molecule has 1 atom stereocenters. The number of anilines is 1. The molecule has 0 heterocycles. The van der Waals surface area contributed by atoms with E-state index in [2.05, 4.69) is 0 Å². The number of hydrogen-bond donors (Lipinski definition) is 1. The van der Waals surface area contributed by atoms with Gasteiger partial charge in [-0.15, -0.1) is 0 Å². The van der Waals surface area contributed by atoms with Crippen LogP contribution in [-0.2, 0) is 0 Å². The van der Waals surface area contributed by atoms with Crippen molar-refractivity contribution in [1.82, 2.24) is 0 Å². The number of nitrogens with zero attached hydrogens (tertiary/aromatic N) is 1. The molecule has 0 saturated heterocycles. The summed E-state index contributed by atoms with van der Waals surface area (Å²) < 4.78 is 38.5. The van der Waals surface area contributed by atoms with Crippen LogP contribution < -0.4 is 10.6 Å². The van der Waals surface area contributed by atoms with Crippen LogP contribution in [0.15, 0.2) is 18.2 Å². The van der Waals surface area contributed by atoms with E-state index >= 15 is 0 Å². The molecule has 0 saturated carbocycles. The number of halogens is 3. The Morgan fingerprint density at radius 2 is 1.94 bits per heavy atom. The highest BCUT2D eigenvalue weighted by Crippen LogP contribution is 2.31. The van der Waals surface area contributed by atoms with E-state index in [4.69, 9.17) is 5.73 Å². The van der Waals surface area contributed by atoms with Crippen molar-refractivity contribution in [3.05, 3.63) is 29.6 Å². The first kappa shape index (κ1) is 12.8. The summed E-state index contributed by atoms with van der Waals surface area (Å²) >= 11 is 0. The summed E-state index contributed by atoms with van der Waals surface area (Å²) in [5, 5.41) is 0. The van der Waals surface area contributed by atoms with Gasteiger partial charge in [0.2, 0.25) is 6.43 Å². The molecule has 0 fully saturated rings. The average Bonchev–Trinajstić information content (AvgIpc) is 2.17. The zero-order valence-corrected chi connectivity index (χ0v) is 9.25. The molecular weight excluding hydrogens is 217 g/mol. The van der Waals surface area contributed by atoms with E-state index in [1.54, 1.807) is 19.0 Å². The second kappa shape index (κ2) is 5.21. The molecule has 1 aromatic rings. The third-order valence-electron chi connectivity index (χ3n) is 2.43. The molecule has 1 aromatic carbocycles. The van der Waals surface area contributed by atoms with Crippen LogP contribution in [0.4, 0.5) is 18.9 Å². The van der Waals surface area contributed by atoms with Gasteiger partial charge in [0.1, 0.15) is 5.82 Å². The second-order valence-corrected chi connectivity index (χ2v) is 3.77. The third-order valence-corrected chi connectivity index (χ3v) is 2.43. The molecule has 5 heteroatoms. The fourth-order valence-electron chi connectivity index (χ4n) is 1.60. The Labute approximate surface area is 92.9 Å². The fourth-order valence-corrected chi connectivity index (χ4v) is 1.60. The summed E-state index contributed by atoms with van der Waals surface area (Å²) in [6, 6.07) is 3.85. The fraction of sp³-hybridized carbons (Fsp3) is 0.455. The summed E-state index contributed by atoms with van der Waals surface area (Å²) in [5.41, 5.74) is 6.12. The van der Waals surface area contributed by atoms with Gasteiger partial charge in [-0.1, -0.05) is 0 Å². The molecule has 90 valence electrons. The third kappa shape index (κ3) is 2.66. The maximum absolute atomic E-state index is 13.1. The highest BCUT2D eigenvalue weighted by molar-refractivity contribution is 5.54. The Morgan fingerprint density at radius 3 is 2.38 bits per heavy atom. The topological polar surface area (TPSA) is 29.3 Å². The van der Waals surface area contributed by atoms with Crippen LogP contribution in [0.5, 0.6) is 0 Å². The van der Waals surface area contributed by atoms with Gasteiger partial charge in [-0.25, -0.2) is 13.2 Å². The predicted molar refractivity (Wildman–Crippen MR) is 58.5 cm³/mol. The van der Waals surface area contributed by atoms with E-state index in [0.717, 1.165) is 6.07 Å². The molecule has 2 N–H and O–H groups in total. The van der Waals surface area contributed by atoms with Gasteiger partial charge in [-0.05, 0) is 23.8 Å². The van der Waals surface area contributed by atoms with Gasteiger partial charge >= 0.3 is 0 Å². The van der Waals surface area contributed by atoms with E-state index in [-0.39, 0.29) is 12.1 Å². The van der Waals surface area contributed by atoms with Gasteiger partial charge in [0.25, 0.3) is 0 Å². The second-order valence-electron chi connectivity index (χ2n) is 3.77. The van der Waals surface area contributed by atoms with Crippen LogP contribution in [-0.4, -0.2) is 27.1 Å². The Balaban J connectivity index is 3.22. The van der Waals surface area contributed by atoms with E-state index in [1.165, 1.54) is 12.1 Å². The van der Waals surface area contributed by atoms with Crippen molar-refractivity contribution in [3.8, 4) is 0 Å².